The Kier molecular flexibility index (Phi) is 3.55. The van der Waals surface area contributed by atoms with Gasteiger partial charge in [0.05, 0.1) is 19.8 Å². The first-order valence-corrected chi connectivity index (χ1v) is 4.76. The van der Waals surface area contributed by atoms with Crippen LogP contribution in [0, 0.1) is 13.8 Å². The molecule has 0 fully saturated rings. The number of benzene rings is 1. The molecule has 84 valence electrons. The highest BCUT2D eigenvalue weighted by molar-refractivity contribution is 5.52. The third-order valence-electron chi connectivity index (χ3n) is 2.66. The van der Waals surface area contributed by atoms with Crippen LogP contribution in [-0.4, -0.2) is 23.9 Å². The Hall–Kier alpha value is -1.26. The summed E-state index contributed by atoms with van der Waals surface area (Å²) in [5.74, 6) is 0.805. The average Bonchev–Trinajstić information content (AvgIpc) is 2.25. The van der Waals surface area contributed by atoms with Gasteiger partial charge in [-0.2, -0.15) is 0 Å². The van der Waals surface area contributed by atoms with Gasteiger partial charge in [-0.25, -0.2) is 0 Å². The highest BCUT2D eigenvalue weighted by Gasteiger charge is 2.16. The van der Waals surface area contributed by atoms with Crippen LogP contribution in [0.2, 0.25) is 0 Å². The quantitative estimate of drug-likeness (QED) is 0.697. The van der Waals surface area contributed by atoms with E-state index in [0.717, 1.165) is 11.1 Å². The second-order valence-corrected chi connectivity index (χ2v) is 3.56. The lowest BCUT2D eigenvalue weighted by atomic mass is 9.99. The summed E-state index contributed by atoms with van der Waals surface area (Å²) >= 11 is 0. The molecule has 0 saturated carbocycles. The lowest BCUT2D eigenvalue weighted by Crippen LogP contribution is -2.15. The molecule has 0 radical (unpaired) electrons. The fourth-order valence-electron chi connectivity index (χ4n) is 1.49. The maximum Gasteiger partial charge on any atom is 0.123 e. The van der Waals surface area contributed by atoms with Gasteiger partial charge in [0.25, 0.3) is 0 Å². The van der Waals surface area contributed by atoms with Crippen molar-refractivity contribution in [3.8, 4) is 11.5 Å². The van der Waals surface area contributed by atoms with E-state index in [0.29, 0.717) is 11.3 Å². The molecule has 4 nitrogen and oxygen atoms in total. The lowest BCUT2D eigenvalue weighted by Gasteiger charge is -2.17. The number of aliphatic hydroxyl groups excluding tert-OH is 1. The van der Waals surface area contributed by atoms with Crippen molar-refractivity contribution < 1.29 is 14.9 Å². The van der Waals surface area contributed by atoms with Crippen LogP contribution in [0.5, 0.6) is 11.5 Å². The van der Waals surface area contributed by atoms with E-state index in [9.17, 15) is 5.11 Å². The zero-order chi connectivity index (χ0) is 11.6. The normalized spacial score (nSPS) is 12.6. The number of hydrogen-bond donors (Lipinski definition) is 3. The van der Waals surface area contributed by atoms with Gasteiger partial charge in [0.15, 0.2) is 0 Å². The molecule has 1 aromatic carbocycles. The van der Waals surface area contributed by atoms with E-state index in [4.69, 9.17) is 15.6 Å². The molecule has 0 saturated heterocycles. The molecule has 0 spiro atoms. The maximum atomic E-state index is 9.85. The Bertz CT molecular complexity index is 363. The molecule has 0 unspecified atom stereocenters. The molecular weight excluding hydrogens is 194 g/mol. The number of hydrogen-bond acceptors (Lipinski definition) is 4. The van der Waals surface area contributed by atoms with Crippen LogP contribution in [0.4, 0.5) is 0 Å². The van der Waals surface area contributed by atoms with E-state index in [1.165, 1.54) is 0 Å². The number of rotatable bonds is 3. The Balaban J connectivity index is 3.35. The first-order chi connectivity index (χ1) is 7.02. The Labute approximate surface area is 89.3 Å². The van der Waals surface area contributed by atoms with Crippen molar-refractivity contribution >= 4 is 0 Å². The number of methoxy groups -OCH3 is 1. The van der Waals surface area contributed by atoms with E-state index < -0.39 is 6.04 Å². The van der Waals surface area contributed by atoms with Crippen molar-refractivity contribution in [2.75, 3.05) is 13.7 Å². The maximum absolute atomic E-state index is 9.85. The summed E-state index contributed by atoms with van der Waals surface area (Å²) in [7, 11) is 1.56. The summed E-state index contributed by atoms with van der Waals surface area (Å²) in [5, 5.41) is 18.8. The summed E-state index contributed by atoms with van der Waals surface area (Å²) < 4.78 is 5.17. The highest BCUT2D eigenvalue weighted by atomic mass is 16.5. The molecule has 1 rings (SSSR count). The standard InChI is InChI=1S/C11H17NO3/c1-6-7(2)11(14)8(9(12)5-13)4-10(6)15-3/h4,9,13-14H,5,12H2,1-3H3/t9-/m0/s1. The lowest BCUT2D eigenvalue weighted by molar-refractivity contribution is 0.264. The molecule has 1 atom stereocenters. The van der Waals surface area contributed by atoms with Gasteiger partial charge in [0, 0.05) is 5.56 Å². The van der Waals surface area contributed by atoms with Gasteiger partial charge in [-0.3, -0.25) is 0 Å². The van der Waals surface area contributed by atoms with Crippen LogP contribution in [0.15, 0.2) is 6.07 Å². The molecular formula is C11H17NO3. The van der Waals surface area contributed by atoms with Gasteiger partial charge < -0.3 is 20.7 Å². The van der Waals surface area contributed by atoms with Crippen LogP contribution in [0.3, 0.4) is 0 Å². The van der Waals surface area contributed by atoms with E-state index in [2.05, 4.69) is 0 Å². The highest BCUT2D eigenvalue weighted by Crippen LogP contribution is 2.34. The summed E-state index contributed by atoms with van der Waals surface area (Å²) in [4.78, 5) is 0. The third kappa shape index (κ3) is 2.06. The van der Waals surface area contributed by atoms with Crippen LogP contribution in [0.25, 0.3) is 0 Å². The number of ether oxygens (including phenoxy) is 1. The summed E-state index contributed by atoms with van der Waals surface area (Å²) in [5.41, 5.74) is 7.79. The van der Waals surface area contributed by atoms with Gasteiger partial charge in [-0.05, 0) is 31.0 Å². The summed E-state index contributed by atoms with van der Waals surface area (Å²) in [6.07, 6.45) is 0. The van der Waals surface area contributed by atoms with Crippen molar-refractivity contribution in [3.63, 3.8) is 0 Å². The van der Waals surface area contributed by atoms with Gasteiger partial charge in [0.1, 0.15) is 11.5 Å². The molecule has 0 heterocycles. The predicted octanol–water partition coefficient (Wildman–Crippen LogP) is 1.01. The molecule has 4 N–H and O–H groups in total. The Morgan fingerprint density at radius 2 is 2.00 bits per heavy atom. The molecule has 15 heavy (non-hydrogen) atoms. The fraction of sp³-hybridized carbons (Fsp3) is 0.455. The zero-order valence-corrected chi connectivity index (χ0v) is 9.24. The molecule has 4 heteroatoms. The van der Waals surface area contributed by atoms with Crippen molar-refractivity contribution in [1.29, 1.82) is 0 Å². The monoisotopic (exact) mass is 211 g/mol. The average molecular weight is 211 g/mol. The van der Waals surface area contributed by atoms with E-state index in [1.54, 1.807) is 20.1 Å². The molecule has 0 aliphatic heterocycles. The Morgan fingerprint density at radius 1 is 1.40 bits per heavy atom. The third-order valence-corrected chi connectivity index (χ3v) is 2.66. The number of phenols is 1. The zero-order valence-electron chi connectivity index (χ0n) is 9.24. The van der Waals surface area contributed by atoms with Crippen molar-refractivity contribution in [3.05, 3.63) is 22.8 Å². The van der Waals surface area contributed by atoms with Crippen molar-refractivity contribution in [2.24, 2.45) is 5.73 Å². The van der Waals surface area contributed by atoms with E-state index in [-0.39, 0.29) is 12.4 Å². The molecule has 0 bridgehead atoms. The topological polar surface area (TPSA) is 75.7 Å². The van der Waals surface area contributed by atoms with Crippen molar-refractivity contribution in [2.45, 2.75) is 19.9 Å². The van der Waals surface area contributed by atoms with Crippen LogP contribution in [-0.2, 0) is 0 Å². The SMILES string of the molecule is COc1cc([C@@H](N)CO)c(O)c(C)c1C. The van der Waals surface area contributed by atoms with E-state index >= 15 is 0 Å². The molecule has 1 aromatic rings. The minimum Gasteiger partial charge on any atom is -0.507 e. The van der Waals surface area contributed by atoms with Gasteiger partial charge >= 0.3 is 0 Å². The molecule has 0 aromatic heterocycles. The van der Waals surface area contributed by atoms with Crippen LogP contribution >= 0.6 is 0 Å². The smallest absolute Gasteiger partial charge is 0.123 e. The van der Waals surface area contributed by atoms with Gasteiger partial charge in [0.2, 0.25) is 0 Å². The van der Waals surface area contributed by atoms with Crippen LogP contribution in [0.1, 0.15) is 22.7 Å². The second kappa shape index (κ2) is 4.51. The number of aliphatic hydroxyl groups is 1. The van der Waals surface area contributed by atoms with Gasteiger partial charge in [-0.15, -0.1) is 0 Å². The molecule has 0 aliphatic carbocycles. The number of aromatic hydroxyl groups is 1. The minimum absolute atomic E-state index is 0.134. The van der Waals surface area contributed by atoms with Gasteiger partial charge in [-0.1, -0.05) is 0 Å². The largest absolute Gasteiger partial charge is 0.507 e. The molecule has 0 amide bonds. The van der Waals surface area contributed by atoms with Crippen LogP contribution < -0.4 is 10.5 Å². The summed E-state index contributed by atoms with van der Waals surface area (Å²) in [6.45, 7) is 3.45. The first-order valence-electron chi connectivity index (χ1n) is 4.76. The van der Waals surface area contributed by atoms with Crippen molar-refractivity contribution in [1.82, 2.24) is 0 Å². The number of phenolic OH excluding ortho intramolecular Hbond substituents is 1. The predicted molar refractivity (Wildman–Crippen MR) is 58.1 cm³/mol. The second-order valence-electron chi connectivity index (χ2n) is 3.56. The summed E-state index contributed by atoms with van der Waals surface area (Å²) in [6, 6.07) is 1.08. The fourth-order valence-corrected chi connectivity index (χ4v) is 1.49. The Morgan fingerprint density at radius 3 is 2.47 bits per heavy atom. The molecule has 0 aliphatic rings. The first kappa shape index (κ1) is 11.8. The van der Waals surface area contributed by atoms with E-state index in [1.807, 2.05) is 6.92 Å². The minimum atomic E-state index is -0.585. The number of nitrogens with two attached hydrogens (primary N) is 1.